The molecular formula is C18H21NO4. The van der Waals surface area contributed by atoms with Gasteiger partial charge >= 0.3 is 5.97 Å². The lowest BCUT2D eigenvalue weighted by Crippen LogP contribution is -2.36. The van der Waals surface area contributed by atoms with E-state index >= 15 is 0 Å². The van der Waals surface area contributed by atoms with Crippen LogP contribution in [0.4, 0.5) is 0 Å². The summed E-state index contributed by atoms with van der Waals surface area (Å²) in [5, 5.41) is 0. The van der Waals surface area contributed by atoms with Gasteiger partial charge in [0, 0.05) is 24.3 Å². The SMILES string of the molecule is CCOC(=O)/C=C\C(=O)N(CC=C(C)C)C(=O)c1ccccc1. The zero-order chi connectivity index (χ0) is 17.2. The molecule has 1 rings (SSSR count). The lowest BCUT2D eigenvalue weighted by Gasteiger charge is -2.18. The number of rotatable bonds is 6. The molecule has 0 bridgehead atoms. The molecule has 2 amide bonds. The van der Waals surface area contributed by atoms with Crippen molar-refractivity contribution in [2.24, 2.45) is 0 Å². The summed E-state index contributed by atoms with van der Waals surface area (Å²) in [6.07, 6.45) is 3.86. The Morgan fingerprint density at radius 2 is 1.74 bits per heavy atom. The zero-order valence-electron chi connectivity index (χ0n) is 13.6. The molecule has 122 valence electrons. The third-order valence-electron chi connectivity index (χ3n) is 2.86. The van der Waals surface area contributed by atoms with E-state index in [1.165, 1.54) is 0 Å². The standard InChI is InChI=1S/C18H21NO4/c1-4-23-17(21)11-10-16(20)19(13-12-14(2)3)18(22)15-8-6-5-7-9-15/h5-12H,4,13H2,1-3H3/b11-10-. The molecule has 0 atom stereocenters. The van der Waals surface area contributed by atoms with Crippen molar-refractivity contribution in [3.63, 3.8) is 0 Å². The molecule has 0 unspecified atom stereocenters. The highest BCUT2D eigenvalue weighted by Gasteiger charge is 2.20. The second kappa shape index (κ2) is 9.35. The van der Waals surface area contributed by atoms with Crippen molar-refractivity contribution >= 4 is 17.8 Å². The highest BCUT2D eigenvalue weighted by atomic mass is 16.5. The summed E-state index contributed by atoms with van der Waals surface area (Å²) in [6.45, 7) is 5.80. The fourth-order valence-corrected chi connectivity index (χ4v) is 1.70. The largest absolute Gasteiger partial charge is 0.463 e. The molecule has 0 fully saturated rings. The minimum absolute atomic E-state index is 0.141. The Morgan fingerprint density at radius 3 is 2.30 bits per heavy atom. The van der Waals surface area contributed by atoms with Gasteiger partial charge in [0.25, 0.3) is 11.8 Å². The van der Waals surface area contributed by atoms with Crippen LogP contribution in [0.25, 0.3) is 0 Å². The topological polar surface area (TPSA) is 63.7 Å². The van der Waals surface area contributed by atoms with E-state index in [0.29, 0.717) is 5.56 Å². The average Bonchev–Trinajstić information content (AvgIpc) is 2.53. The molecule has 0 N–H and O–H groups in total. The zero-order valence-corrected chi connectivity index (χ0v) is 13.6. The number of hydrogen-bond donors (Lipinski definition) is 0. The number of ether oxygens (including phenoxy) is 1. The minimum Gasteiger partial charge on any atom is -0.463 e. The predicted molar refractivity (Wildman–Crippen MR) is 87.7 cm³/mol. The minimum atomic E-state index is -0.616. The summed E-state index contributed by atoms with van der Waals surface area (Å²) in [7, 11) is 0. The van der Waals surface area contributed by atoms with Gasteiger partial charge in [-0.2, -0.15) is 0 Å². The smallest absolute Gasteiger partial charge is 0.330 e. The van der Waals surface area contributed by atoms with Gasteiger partial charge in [-0.15, -0.1) is 0 Å². The first-order chi connectivity index (χ1) is 11.0. The van der Waals surface area contributed by atoms with Gasteiger partial charge in [0.15, 0.2) is 0 Å². The maximum absolute atomic E-state index is 12.5. The Kier molecular flexibility index (Phi) is 7.47. The molecule has 23 heavy (non-hydrogen) atoms. The molecule has 0 aliphatic heterocycles. The molecule has 0 saturated heterocycles. The van der Waals surface area contributed by atoms with Crippen LogP contribution in [0, 0.1) is 0 Å². The van der Waals surface area contributed by atoms with Crippen molar-refractivity contribution in [1.29, 1.82) is 0 Å². The Bertz CT molecular complexity index is 613. The first kappa shape index (κ1) is 18.4. The lowest BCUT2D eigenvalue weighted by atomic mass is 10.2. The first-order valence-electron chi connectivity index (χ1n) is 7.34. The van der Waals surface area contributed by atoms with E-state index in [2.05, 4.69) is 0 Å². The molecule has 0 radical (unpaired) electrons. The van der Waals surface area contributed by atoms with Gasteiger partial charge in [-0.3, -0.25) is 14.5 Å². The molecule has 0 aliphatic rings. The Hall–Kier alpha value is -2.69. The molecule has 0 heterocycles. The summed E-state index contributed by atoms with van der Waals surface area (Å²) in [5.41, 5.74) is 1.39. The number of benzene rings is 1. The number of amides is 2. The number of hydrogen-bond acceptors (Lipinski definition) is 4. The van der Waals surface area contributed by atoms with E-state index in [1.807, 2.05) is 13.8 Å². The third kappa shape index (κ3) is 6.30. The second-order valence-corrected chi connectivity index (χ2v) is 4.99. The van der Waals surface area contributed by atoms with Gasteiger partial charge in [0.05, 0.1) is 6.61 Å². The van der Waals surface area contributed by atoms with E-state index in [4.69, 9.17) is 4.74 Å². The van der Waals surface area contributed by atoms with Crippen molar-refractivity contribution in [2.45, 2.75) is 20.8 Å². The quantitative estimate of drug-likeness (QED) is 0.460. The summed E-state index contributed by atoms with van der Waals surface area (Å²) in [6, 6.07) is 8.52. The van der Waals surface area contributed by atoms with Crippen LogP contribution < -0.4 is 0 Å². The number of esters is 1. The van der Waals surface area contributed by atoms with Gasteiger partial charge in [-0.25, -0.2) is 4.79 Å². The number of allylic oxidation sites excluding steroid dienone is 1. The maximum Gasteiger partial charge on any atom is 0.330 e. The van der Waals surface area contributed by atoms with Crippen molar-refractivity contribution in [3.05, 3.63) is 59.7 Å². The summed E-state index contributed by atoms with van der Waals surface area (Å²) in [5.74, 6) is -1.60. The Labute approximate surface area is 136 Å². The molecule has 5 nitrogen and oxygen atoms in total. The predicted octanol–water partition coefficient (Wildman–Crippen LogP) is 2.74. The van der Waals surface area contributed by atoms with E-state index in [-0.39, 0.29) is 13.2 Å². The molecule has 0 spiro atoms. The van der Waals surface area contributed by atoms with Crippen LogP contribution in [0.5, 0.6) is 0 Å². The number of carbonyl (C=O) groups is 3. The van der Waals surface area contributed by atoms with Crippen LogP contribution >= 0.6 is 0 Å². The van der Waals surface area contributed by atoms with E-state index in [0.717, 1.165) is 22.6 Å². The number of carbonyl (C=O) groups excluding carboxylic acids is 3. The van der Waals surface area contributed by atoms with E-state index < -0.39 is 17.8 Å². The molecule has 5 heteroatoms. The maximum atomic E-state index is 12.5. The van der Waals surface area contributed by atoms with Gasteiger partial charge in [-0.1, -0.05) is 29.8 Å². The van der Waals surface area contributed by atoms with Crippen molar-refractivity contribution in [1.82, 2.24) is 4.90 Å². The van der Waals surface area contributed by atoms with Crippen LogP contribution in [-0.4, -0.2) is 35.8 Å². The molecular weight excluding hydrogens is 294 g/mol. The third-order valence-corrected chi connectivity index (χ3v) is 2.86. The van der Waals surface area contributed by atoms with Gasteiger partial charge in [-0.05, 0) is 32.9 Å². The fraction of sp³-hybridized carbons (Fsp3) is 0.278. The summed E-state index contributed by atoms with van der Waals surface area (Å²) < 4.78 is 4.72. The van der Waals surface area contributed by atoms with Crippen LogP contribution in [0.15, 0.2) is 54.1 Å². The summed E-state index contributed by atoms with van der Waals surface area (Å²) in [4.78, 5) is 37.1. The number of nitrogens with zero attached hydrogens (tertiary/aromatic N) is 1. The Morgan fingerprint density at radius 1 is 1.09 bits per heavy atom. The molecule has 0 aliphatic carbocycles. The van der Waals surface area contributed by atoms with Crippen molar-refractivity contribution in [3.8, 4) is 0 Å². The monoisotopic (exact) mass is 315 g/mol. The van der Waals surface area contributed by atoms with Crippen LogP contribution in [0.1, 0.15) is 31.1 Å². The molecule has 0 aromatic heterocycles. The first-order valence-corrected chi connectivity index (χ1v) is 7.34. The highest BCUT2D eigenvalue weighted by molar-refractivity contribution is 6.09. The van der Waals surface area contributed by atoms with Crippen molar-refractivity contribution in [2.75, 3.05) is 13.2 Å². The molecule has 0 saturated carbocycles. The van der Waals surface area contributed by atoms with Crippen LogP contribution in [-0.2, 0) is 14.3 Å². The normalized spacial score (nSPS) is 10.2. The van der Waals surface area contributed by atoms with Gasteiger partial charge < -0.3 is 4.74 Å². The molecule has 1 aromatic carbocycles. The lowest BCUT2D eigenvalue weighted by molar-refractivity contribution is -0.137. The fourth-order valence-electron chi connectivity index (χ4n) is 1.70. The van der Waals surface area contributed by atoms with Crippen LogP contribution in [0.3, 0.4) is 0 Å². The number of imide groups is 1. The van der Waals surface area contributed by atoms with E-state index in [9.17, 15) is 14.4 Å². The highest BCUT2D eigenvalue weighted by Crippen LogP contribution is 2.07. The average molecular weight is 315 g/mol. The van der Waals surface area contributed by atoms with Crippen molar-refractivity contribution < 1.29 is 19.1 Å². The summed E-state index contributed by atoms with van der Waals surface area (Å²) >= 11 is 0. The van der Waals surface area contributed by atoms with E-state index in [1.54, 1.807) is 43.3 Å². The van der Waals surface area contributed by atoms with Gasteiger partial charge in [0.1, 0.15) is 0 Å². The molecule has 1 aromatic rings. The van der Waals surface area contributed by atoms with Gasteiger partial charge in [0.2, 0.25) is 0 Å². The Balaban J connectivity index is 2.96. The second-order valence-electron chi connectivity index (χ2n) is 4.99. The van der Waals surface area contributed by atoms with Crippen LogP contribution in [0.2, 0.25) is 0 Å².